The van der Waals surface area contributed by atoms with Crippen LogP contribution in [0.15, 0.2) is 48.5 Å². The van der Waals surface area contributed by atoms with Gasteiger partial charge in [0.25, 0.3) is 0 Å². The summed E-state index contributed by atoms with van der Waals surface area (Å²) in [6.45, 7) is 11.1. The van der Waals surface area contributed by atoms with Crippen molar-refractivity contribution in [2.24, 2.45) is 0 Å². The van der Waals surface area contributed by atoms with E-state index >= 15 is 0 Å². The van der Waals surface area contributed by atoms with Crippen molar-refractivity contribution >= 4 is 11.9 Å². The fourth-order valence-corrected chi connectivity index (χ4v) is 4.10. The molecule has 1 atom stereocenters. The van der Waals surface area contributed by atoms with Gasteiger partial charge in [0.15, 0.2) is 0 Å². The van der Waals surface area contributed by atoms with Gasteiger partial charge in [0.1, 0.15) is 5.75 Å². The normalized spacial score (nSPS) is 12.4. The molecule has 0 aliphatic carbocycles. The molecular formula is C26H35NO4. The van der Waals surface area contributed by atoms with Crippen LogP contribution in [-0.4, -0.2) is 40.6 Å². The Bertz CT molecular complexity index is 853. The molecule has 0 fully saturated rings. The van der Waals surface area contributed by atoms with Crippen molar-refractivity contribution in [2.75, 3.05) is 6.54 Å². The van der Waals surface area contributed by atoms with Crippen LogP contribution in [0, 0.1) is 0 Å². The van der Waals surface area contributed by atoms with Gasteiger partial charge >= 0.3 is 11.9 Å². The van der Waals surface area contributed by atoms with E-state index in [2.05, 4.69) is 44.7 Å². The number of carboxylic acids is 1. The number of aliphatic carboxylic acids is 1. The monoisotopic (exact) mass is 425 g/mol. The van der Waals surface area contributed by atoms with Crippen molar-refractivity contribution in [2.45, 2.75) is 71.9 Å². The number of aryl methyl sites for hydroxylation is 1. The molecule has 0 saturated carbocycles. The summed E-state index contributed by atoms with van der Waals surface area (Å²) in [7, 11) is 0. The highest BCUT2D eigenvalue weighted by atomic mass is 16.5. The lowest BCUT2D eigenvalue weighted by molar-refractivity contribution is -0.137. The molecular weight excluding hydrogens is 390 g/mol. The molecule has 5 heteroatoms. The Hall–Kier alpha value is -2.66. The Balaban J connectivity index is 2.47. The maximum absolute atomic E-state index is 11.8. The average molecular weight is 426 g/mol. The number of carbonyl (C=O) groups is 2. The van der Waals surface area contributed by atoms with E-state index < -0.39 is 5.97 Å². The molecule has 0 radical (unpaired) electrons. The molecule has 168 valence electrons. The summed E-state index contributed by atoms with van der Waals surface area (Å²) in [6, 6.07) is 16.7. The molecule has 2 rings (SSSR count). The summed E-state index contributed by atoms with van der Waals surface area (Å²) in [5.74, 6) is -0.617. The van der Waals surface area contributed by atoms with E-state index in [1.807, 2.05) is 30.3 Å². The second-order valence-corrected chi connectivity index (χ2v) is 8.54. The summed E-state index contributed by atoms with van der Waals surface area (Å²) in [6.07, 6.45) is 1.36. The largest absolute Gasteiger partial charge is 0.481 e. The van der Waals surface area contributed by atoms with Crippen molar-refractivity contribution in [3.05, 3.63) is 65.2 Å². The van der Waals surface area contributed by atoms with Crippen LogP contribution in [-0.2, 0) is 16.0 Å². The number of hydrogen-bond donors (Lipinski definition) is 1. The minimum atomic E-state index is -0.824. The first-order valence-corrected chi connectivity index (χ1v) is 11.0. The molecule has 5 nitrogen and oxygen atoms in total. The number of esters is 1. The number of ether oxygens (including phenoxy) is 1. The fourth-order valence-electron chi connectivity index (χ4n) is 4.10. The first-order chi connectivity index (χ1) is 14.7. The highest BCUT2D eigenvalue weighted by Gasteiger charge is 2.23. The minimum Gasteiger partial charge on any atom is -0.481 e. The zero-order chi connectivity index (χ0) is 23.0. The fraction of sp³-hybridized carbons (Fsp3) is 0.462. The maximum Gasteiger partial charge on any atom is 0.308 e. The lowest BCUT2D eigenvalue weighted by atomic mass is 9.86. The molecule has 1 N–H and O–H groups in total. The average Bonchev–Trinajstić information content (AvgIpc) is 2.70. The van der Waals surface area contributed by atoms with Gasteiger partial charge in [-0.25, -0.2) is 0 Å². The van der Waals surface area contributed by atoms with Crippen molar-refractivity contribution in [3.63, 3.8) is 0 Å². The van der Waals surface area contributed by atoms with Gasteiger partial charge < -0.3 is 9.84 Å². The highest BCUT2D eigenvalue weighted by Crippen LogP contribution is 2.36. The van der Waals surface area contributed by atoms with Gasteiger partial charge in [0.05, 0.1) is 0 Å². The molecule has 2 aromatic rings. The molecule has 0 spiro atoms. The van der Waals surface area contributed by atoms with E-state index in [1.165, 1.54) is 6.92 Å². The Kier molecular flexibility index (Phi) is 9.25. The van der Waals surface area contributed by atoms with E-state index in [-0.39, 0.29) is 18.3 Å². The molecule has 0 saturated heterocycles. The van der Waals surface area contributed by atoms with Crippen LogP contribution in [0.5, 0.6) is 5.75 Å². The van der Waals surface area contributed by atoms with Gasteiger partial charge in [-0.15, -0.1) is 0 Å². The third-order valence-electron chi connectivity index (χ3n) is 5.54. The quantitative estimate of drug-likeness (QED) is 0.392. The van der Waals surface area contributed by atoms with E-state index in [0.717, 1.165) is 29.7 Å². The lowest BCUT2D eigenvalue weighted by Gasteiger charge is -2.32. The van der Waals surface area contributed by atoms with Crippen molar-refractivity contribution in [3.8, 4) is 5.75 Å². The number of rotatable bonds is 11. The van der Waals surface area contributed by atoms with Crippen LogP contribution in [0.4, 0.5) is 0 Å². The Morgan fingerprint density at radius 1 is 1.00 bits per heavy atom. The molecule has 0 aromatic heterocycles. The minimum absolute atomic E-state index is 0.0281. The van der Waals surface area contributed by atoms with Gasteiger partial charge in [-0.2, -0.15) is 0 Å². The number of carbonyl (C=O) groups excluding carboxylic acids is 1. The molecule has 2 aromatic carbocycles. The summed E-state index contributed by atoms with van der Waals surface area (Å²) in [5.41, 5.74) is 3.01. The van der Waals surface area contributed by atoms with Crippen molar-refractivity contribution in [1.29, 1.82) is 0 Å². The smallest absolute Gasteiger partial charge is 0.308 e. The molecule has 1 unspecified atom stereocenters. The van der Waals surface area contributed by atoms with Crippen LogP contribution < -0.4 is 4.74 Å². The zero-order valence-corrected chi connectivity index (χ0v) is 19.3. The maximum atomic E-state index is 11.8. The van der Waals surface area contributed by atoms with Crippen LogP contribution in [0.3, 0.4) is 0 Å². The predicted octanol–water partition coefficient (Wildman–Crippen LogP) is 5.27. The summed E-state index contributed by atoms with van der Waals surface area (Å²) in [4.78, 5) is 25.3. The van der Waals surface area contributed by atoms with E-state index in [4.69, 9.17) is 9.84 Å². The predicted molar refractivity (Wildman–Crippen MR) is 124 cm³/mol. The van der Waals surface area contributed by atoms with Gasteiger partial charge in [-0.05, 0) is 64.3 Å². The summed E-state index contributed by atoms with van der Waals surface area (Å²) >= 11 is 0. The molecule has 31 heavy (non-hydrogen) atoms. The second-order valence-electron chi connectivity index (χ2n) is 8.54. The lowest BCUT2D eigenvalue weighted by Crippen LogP contribution is -2.38. The topological polar surface area (TPSA) is 66.8 Å². The molecule has 0 amide bonds. The number of carboxylic acid groups (broad SMARTS) is 1. The van der Waals surface area contributed by atoms with Gasteiger partial charge in [0.2, 0.25) is 0 Å². The Morgan fingerprint density at radius 2 is 1.65 bits per heavy atom. The molecule has 0 aliphatic heterocycles. The van der Waals surface area contributed by atoms with Crippen LogP contribution >= 0.6 is 0 Å². The van der Waals surface area contributed by atoms with Crippen LogP contribution in [0.25, 0.3) is 0 Å². The van der Waals surface area contributed by atoms with Gasteiger partial charge in [-0.1, -0.05) is 42.5 Å². The standard InChI is InChI=1S/C26H35NO4/c1-18(2)27(19(3)4)16-15-23(22-9-7-6-8-10-22)24-17-21(12-14-26(29)30)11-13-25(24)31-20(5)28/h6-11,13,17-19,23H,12,14-16H2,1-5H3,(H,29,30). The first-order valence-electron chi connectivity index (χ1n) is 11.0. The number of hydrogen-bond acceptors (Lipinski definition) is 4. The van der Waals surface area contributed by atoms with Gasteiger partial charge in [0, 0.05) is 36.9 Å². The Labute approximate surface area is 186 Å². The van der Waals surface area contributed by atoms with E-state index in [0.29, 0.717) is 24.3 Å². The molecule has 0 heterocycles. The first kappa shape index (κ1) is 24.6. The zero-order valence-electron chi connectivity index (χ0n) is 19.3. The van der Waals surface area contributed by atoms with Crippen molar-refractivity contribution in [1.82, 2.24) is 4.90 Å². The van der Waals surface area contributed by atoms with E-state index in [1.54, 1.807) is 6.07 Å². The summed E-state index contributed by atoms with van der Waals surface area (Å²) < 4.78 is 5.56. The SMILES string of the molecule is CC(=O)Oc1ccc(CCC(=O)O)cc1C(CCN(C(C)C)C(C)C)c1ccccc1. The molecule has 0 aliphatic rings. The van der Waals surface area contributed by atoms with E-state index in [9.17, 15) is 9.59 Å². The van der Waals surface area contributed by atoms with Gasteiger partial charge in [-0.3, -0.25) is 14.5 Å². The van der Waals surface area contributed by atoms with Crippen molar-refractivity contribution < 1.29 is 19.4 Å². The third-order valence-corrected chi connectivity index (χ3v) is 5.54. The molecule has 0 bridgehead atoms. The van der Waals surface area contributed by atoms with Crippen LogP contribution in [0.1, 0.15) is 70.1 Å². The summed E-state index contributed by atoms with van der Waals surface area (Å²) in [5, 5.41) is 9.08. The number of benzene rings is 2. The third kappa shape index (κ3) is 7.51. The highest BCUT2D eigenvalue weighted by molar-refractivity contribution is 5.70. The second kappa shape index (κ2) is 11.7. The Morgan fingerprint density at radius 3 is 2.19 bits per heavy atom. The van der Waals surface area contributed by atoms with Crippen LogP contribution in [0.2, 0.25) is 0 Å². The number of nitrogens with zero attached hydrogens (tertiary/aromatic N) is 1.